The zero-order valence-corrected chi connectivity index (χ0v) is 13.8. The average molecular weight is 320 g/mol. The Bertz CT molecular complexity index is 560. The fourth-order valence-corrected chi connectivity index (χ4v) is 2.39. The van der Waals surface area contributed by atoms with Crippen molar-refractivity contribution in [1.82, 2.24) is 5.32 Å². The van der Waals surface area contributed by atoms with E-state index < -0.39 is 0 Å². The lowest BCUT2D eigenvalue weighted by atomic mass is 10.2. The summed E-state index contributed by atoms with van der Waals surface area (Å²) in [5, 5.41) is 2.85. The van der Waals surface area contributed by atoms with Crippen molar-refractivity contribution in [1.29, 1.82) is 0 Å². The normalized spacial score (nSPS) is 12.6. The van der Waals surface area contributed by atoms with E-state index in [0.29, 0.717) is 36.9 Å². The maximum atomic E-state index is 12.0. The summed E-state index contributed by atoms with van der Waals surface area (Å²) in [6, 6.07) is 5.26. The van der Waals surface area contributed by atoms with E-state index in [1.54, 1.807) is 18.2 Å². The summed E-state index contributed by atoms with van der Waals surface area (Å²) in [4.78, 5) is 25.4. The molecule has 6 heteroatoms. The van der Waals surface area contributed by atoms with Crippen LogP contribution >= 0.6 is 0 Å². The van der Waals surface area contributed by atoms with Crippen molar-refractivity contribution in [2.75, 3.05) is 31.2 Å². The third-order valence-electron chi connectivity index (χ3n) is 3.62. The molecule has 0 atom stereocenters. The molecule has 2 amide bonds. The molecule has 126 valence electrons. The molecule has 23 heavy (non-hydrogen) atoms. The Balaban J connectivity index is 2.01. The smallest absolute Gasteiger partial charge is 0.240 e. The standard InChI is InChI=1S/C17H24N2O4/c1-3-4-5-8-18-17(21)12-19(13(2)20)14-6-7-15-16(11-14)23-10-9-22-15/h6-7,11H,3-5,8-10,12H2,1-2H3,(H,18,21). The van der Waals surface area contributed by atoms with Crippen LogP contribution < -0.4 is 19.7 Å². The zero-order valence-electron chi connectivity index (χ0n) is 13.8. The number of nitrogens with zero attached hydrogens (tertiary/aromatic N) is 1. The second-order valence-corrected chi connectivity index (χ2v) is 5.49. The average Bonchev–Trinajstić information content (AvgIpc) is 2.56. The first-order chi connectivity index (χ1) is 11.1. The first-order valence-corrected chi connectivity index (χ1v) is 8.06. The number of carbonyl (C=O) groups is 2. The third-order valence-corrected chi connectivity index (χ3v) is 3.62. The van der Waals surface area contributed by atoms with Gasteiger partial charge in [-0.15, -0.1) is 0 Å². The number of anilines is 1. The molecule has 2 rings (SSSR count). The molecule has 1 aliphatic heterocycles. The van der Waals surface area contributed by atoms with Gasteiger partial charge in [-0.1, -0.05) is 19.8 Å². The van der Waals surface area contributed by atoms with E-state index >= 15 is 0 Å². The molecule has 0 radical (unpaired) electrons. The number of fused-ring (bicyclic) bond motifs is 1. The Morgan fingerprint density at radius 2 is 1.91 bits per heavy atom. The Morgan fingerprint density at radius 3 is 2.61 bits per heavy atom. The molecular weight excluding hydrogens is 296 g/mol. The molecule has 1 N–H and O–H groups in total. The van der Waals surface area contributed by atoms with Crippen LogP contribution in [0.1, 0.15) is 33.1 Å². The summed E-state index contributed by atoms with van der Waals surface area (Å²) in [5.74, 6) is 0.910. The summed E-state index contributed by atoms with van der Waals surface area (Å²) < 4.78 is 11.0. The largest absolute Gasteiger partial charge is 0.486 e. The van der Waals surface area contributed by atoms with E-state index in [2.05, 4.69) is 12.2 Å². The summed E-state index contributed by atoms with van der Waals surface area (Å²) in [7, 11) is 0. The van der Waals surface area contributed by atoms with Gasteiger partial charge in [-0.2, -0.15) is 0 Å². The van der Waals surface area contributed by atoms with Crippen LogP contribution in [0.3, 0.4) is 0 Å². The molecule has 0 saturated heterocycles. The number of hydrogen-bond donors (Lipinski definition) is 1. The van der Waals surface area contributed by atoms with Gasteiger partial charge in [0.1, 0.15) is 19.8 Å². The fourth-order valence-electron chi connectivity index (χ4n) is 2.39. The van der Waals surface area contributed by atoms with Crippen LogP contribution in [0, 0.1) is 0 Å². The number of amides is 2. The van der Waals surface area contributed by atoms with Crippen LogP contribution in [-0.4, -0.2) is 38.1 Å². The van der Waals surface area contributed by atoms with Crippen LogP contribution in [-0.2, 0) is 9.59 Å². The Hall–Kier alpha value is -2.24. The molecule has 1 aromatic carbocycles. The minimum Gasteiger partial charge on any atom is -0.486 e. The number of hydrogen-bond acceptors (Lipinski definition) is 4. The molecule has 0 bridgehead atoms. The first-order valence-electron chi connectivity index (χ1n) is 8.06. The van der Waals surface area contributed by atoms with Crippen molar-refractivity contribution in [2.45, 2.75) is 33.1 Å². The van der Waals surface area contributed by atoms with Crippen molar-refractivity contribution in [3.05, 3.63) is 18.2 Å². The molecule has 0 aromatic heterocycles. The number of rotatable bonds is 7. The molecule has 1 aliphatic rings. The Morgan fingerprint density at radius 1 is 1.17 bits per heavy atom. The number of carbonyl (C=O) groups excluding carboxylic acids is 2. The van der Waals surface area contributed by atoms with Gasteiger partial charge >= 0.3 is 0 Å². The number of ether oxygens (including phenoxy) is 2. The van der Waals surface area contributed by atoms with Gasteiger partial charge in [-0.05, 0) is 18.6 Å². The van der Waals surface area contributed by atoms with Gasteiger partial charge < -0.3 is 19.7 Å². The van der Waals surface area contributed by atoms with E-state index in [9.17, 15) is 9.59 Å². The predicted molar refractivity (Wildman–Crippen MR) is 88.0 cm³/mol. The highest BCUT2D eigenvalue weighted by atomic mass is 16.6. The zero-order chi connectivity index (χ0) is 16.7. The summed E-state index contributed by atoms with van der Waals surface area (Å²) >= 11 is 0. The molecule has 1 heterocycles. The summed E-state index contributed by atoms with van der Waals surface area (Å²) in [5.41, 5.74) is 0.630. The van der Waals surface area contributed by atoms with E-state index in [4.69, 9.17) is 9.47 Å². The molecule has 0 saturated carbocycles. The highest BCUT2D eigenvalue weighted by molar-refractivity contribution is 5.97. The number of nitrogens with one attached hydrogen (secondary N) is 1. The summed E-state index contributed by atoms with van der Waals surface area (Å²) in [6.07, 6.45) is 3.14. The Labute approximate surface area is 136 Å². The van der Waals surface area contributed by atoms with E-state index in [1.807, 2.05) is 0 Å². The van der Waals surface area contributed by atoms with Gasteiger partial charge in [0.15, 0.2) is 11.5 Å². The lowest BCUT2D eigenvalue weighted by Crippen LogP contribution is -2.40. The van der Waals surface area contributed by atoms with Gasteiger partial charge in [-0.3, -0.25) is 9.59 Å². The molecule has 6 nitrogen and oxygen atoms in total. The molecule has 0 spiro atoms. The monoisotopic (exact) mass is 320 g/mol. The van der Waals surface area contributed by atoms with Crippen molar-refractivity contribution < 1.29 is 19.1 Å². The van der Waals surface area contributed by atoms with Crippen LogP contribution in [0.4, 0.5) is 5.69 Å². The lowest BCUT2D eigenvalue weighted by Gasteiger charge is -2.24. The van der Waals surface area contributed by atoms with E-state index in [1.165, 1.54) is 11.8 Å². The third kappa shape index (κ3) is 4.87. The Kier molecular flexibility index (Phi) is 6.26. The maximum absolute atomic E-state index is 12.0. The quantitative estimate of drug-likeness (QED) is 0.781. The van der Waals surface area contributed by atoms with Gasteiger partial charge in [0.25, 0.3) is 0 Å². The highest BCUT2D eigenvalue weighted by Crippen LogP contribution is 2.33. The van der Waals surface area contributed by atoms with Crippen molar-refractivity contribution in [3.8, 4) is 11.5 Å². The van der Waals surface area contributed by atoms with Crippen molar-refractivity contribution in [2.24, 2.45) is 0 Å². The SMILES string of the molecule is CCCCCNC(=O)CN(C(C)=O)c1ccc2c(c1)OCCO2. The van der Waals surface area contributed by atoms with E-state index in [0.717, 1.165) is 19.3 Å². The topological polar surface area (TPSA) is 67.9 Å². The second kappa shape index (κ2) is 8.41. The number of benzene rings is 1. The van der Waals surface area contributed by atoms with Crippen molar-refractivity contribution in [3.63, 3.8) is 0 Å². The summed E-state index contributed by atoms with van der Waals surface area (Å²) in [6.45, 7) is 5.19. The van der Waals surface area contributed by atoms with E-state index in [-0.39, 0.29) is 18.4 Å². The van der Waals surface area contributed by atoms with Crippen molar-refractivity contribution >= 4 is 17.5 Å². The van der Waals surface area contributed by atoms with Gasteiger partial charge in [0.05, 0.1) is 0 Å². The molecular formula is C17H24N2O4. The highest BCUT2D eigenvalue weighted by Gasteiger charge is 2.19. The molecule has 0 unspecified atom stereocenters. The van der Waals surface area contributed by atoms with Gasteiger partial charge in [-0.25, -0.2) is 0 Å². The number of unbranched alkanes of at least 4 members (excludes halogenated alkanes) is 2. The van der Waals surface area contributed by atoms with Crippen LogP contribution in [0.5, 0.6) is 11.5 Å². The predicted octanol–water partition coefficient (Wildman–Crippen LogP) is 2.12. The lowest BCUT2D eigenvalue weighted by molar-refractivity contribution is -0.123. The van der Waals surface area contributed by atoms with Crippen LogP contribution in [0.25, 0.3) is 0 Å². The minimum atomic E-state index is -0.189. The van der Waals surface area contributed by atoms with Crippen LogP contribution in [0.15, 0.2) is 18.2 Å². The van der Waals surface area contributed by atoms with Crippen LogP contribution in [0.2, 0.25) is 0 Å². The minimum absolute atomic E-state index is 0.00109. The second-order valence-electron chi connectivity index (χ2n) is 5.49. The maximum Gasteiger partial charge on any atom is 0.240 e. The van der Waals surface area contributed by atoms with Gasteiger partial charge in [0, 0.05) is 25.2 Å². The fraction of sp³-hybridized carbons (Fsp3) is 0.529. The first kappa shape index (κ1) is 17.1. The van der Waals surface area contributed by atoms with Gasteiger partial charge in [0.2, 0.25) is 11.8 Å². The molecule has 0 aliphatic carbocycles. The molecule has 1 aromatic rings. The molecule has 0 fully saturated rings.